The van der Waals surface area contributed by atoms with Gasteiger partial charge in [-0.05, 0) is 29.2 Å². The van der Waals surface area contributed by atoms with Gasteiger partial charge in [0.25, 0.3) is 0 Å². The van der Waals surface area contributed by atoms with Gasteiger partial charge in [-0.15, -0.1) is 0 Å². The molecule has 0 spiro atoms. The van der Waals surface area contributed by atoms with E-state index >= 15 is 0 Å². The zero-order valence-electron chi connectivity index (χ0n) is 18.7. The van der Waals surface area contributed by atoms with Crippen molar-refractivity contribution in [2.24, 2.45) is 0 Å². The summed E-state index contributed by atoms with van der Waals surface area (Å²) in [7, 11) is 0. The second kappa shape index (κ2) is 7.93. The number of nitrogens with zero attached hydrogens (tertiary/aromatic N) is 4. The Morgan fingerprint density at radius 3 is 2.52 bits per heavy atom. The first-order valence-corrected chi connectivity index (χ1v) is 11.2. The van der Waals surface area contributed by atoms with Crippen molar-refractivity contribution in [2.45, 2.75) is 52.2 Å². The fourth-order valence-electron chi connectivity index (χ4n) is 4.45. The highest BCUT2D eigenvalue weighted by Crippen LogP contribution is 2.27. The van der Waals surface area contributed by atoms with Gasteiger partial charge >= 0.3 is 0 Å². The quantitative estimate of drug-likeness (QED) is 0.456. The third-order valence-electron chi connectivity index (χ3n) is 6.16. The van der Waals surface area contributed by atoms with Crippen molar-refractivity contribution < 1.29 is 0 Å². The molecule has 1 aliphatic rings. The monoisotopic (exact) mass is 410 g/mol. The molecule has 0 radical (unpaired) electrons. The van der Waals surface area contributed by atoms with E-state index in [-0.39, 0.29) is 5.41 Å². The molecular weight excluding hydrogens is 380 g/mol. The van der Waals surface area contributed by atoms with Crippen LogP contribution in [0.15, 0.2) is 67.0 Å². The predicted octanol–water partition coefficient (Wildman–Crippen LogP) is 5.34. The zero-order chi connectivity index (χ0) is 21.4. The number of hydrogen-bond donors (Lipinski definition) is 0. The van der Waals surface area contributed by atoms with Gasteiger partial charge < -0.3 is 4.57 Å². The van der Waals surface area contributed by atoms with Crippen LogP contribution in [0.3, 0.4) is 0 Å². The minimum Gasteiger partial charge on any atom is -0.343 e. The molecule has 3 heterocycles. The van der Waals surface area contributed by atoms with Crippen LogP contribution >= 0.6 is 0 Å². The smallest absolute Gasteiger partial charge is 0.133 e. The van der Waals surface area contributed by atoms with Crippen LogP contribution < -0.4 is 0 Å². The van der Waals surface area contributed by atoms with Crippen molar-refractivity contribution in [2.75, 3.05) is 6.54 Å². The molecule has 0 bridgehead atoms. The topological polar surface area (TPSA) is 34.0 Å². The molecule has 0 saturated heterocycles. The number of para-hydroxylation sites is 1. The summed E-state index contributed by atoms with van der Waals surface area (Å²) in [6.07, 6.45) is 5.40. The number of fused-ring (bicyclic) bond motifs is 2. The Labute approximate surface area is 184 Å². The molecule has 0 saturated carbocycles. The average Bonchev–Trinajstić information content (AvgIpc) is 3.10. The van der Waals surface area contributed by atoms with Crippen molar-refractivity contribution in [1.82, 2.24) is 19.4 Å². The maximum atomic E-state index is 4.94. The van der Waals surface area contributed by atoms with Crippen molar-refractivity contribution in [1.29, 1.82) is 0 Å². The Hall–Kier alpha value is -2.98. The molecular formula is C27H30N4. The van der Waals surface area contributed by atoms with Crippen LogP contribution in [0.5, 0.6) is 0 Å². The highest BCUT2D eigenvalue weighted by molar-refractivity contribution is 5.84. The van der Waals surface area contributed by atoms with Gasteiger partial charge in [-0.25, -0.2) is 9.97 Å². The van der Waals surface area contributed by atoms with Crippen molar-refractivity contribution in [3.8, 4) is 0 Å². The molecule has 158 valence electrons. The van der Waals surface area contributed by atoms with Gasteiger partial charge in [0, 0.05) is 54.9 Å². The molecule has 4 nitrogen and oxygen atoms in total. The van der Waals surface area contributed by atoms with E-state index in [1.807, 2.05) is 6.20 Å². The Balaban J connectivity index is 1.41. The van der Waals surface area contributed by atoms with E-state index in [1.165, 1.54) is 33.3 Å². The molecule has 0 unspecified atom stereocenters. The molecule has 5 rings (SSSR count). The first-order chi connectivity index (χ1) is 15.0. The van der Waals surface area contributed by atoms with Crippen LogP contribution in [0.4, 0.5) is 0 Å². The lowest BCUT2D eigenvalue weighted by atomic mass is 9.95. The Kier molecular flexibility index (Phi) is 5.11. The lowest BCUT2D eigenvalue weighted by molar-refractivity contribution is 0.240. The van der Waals surface area contributed by atoms with E-state index in [9.17, 15) is 0 Å². The van der Waals surface area contributed by atoms with Crippen molar-refractivity contribution in [3.63, 3.8) is 0 Å². The molecule has 0 N–H and O–H groups in total. The first-order valence-electron chi connectivity index (χ1n) is 11.2. The summed E-state index contributed by atoms with van der Waals surface area (Å²) in [6.45, 7) is 10.3. The summed E-state index contributed by atoms with van der Waals surface area (Å²) >= 11 is 0. The minimum absolute atomic E-state index is 0.0256. The summed E-state index contributed by atoms with van der Waals surface area (Å²) in [6, 6.07) is 19.5. The van der Waals surface area contributed by atoms with E-state index < -0.39 is 0 Å². The summed E-state index contributed by atoms with van der Waals surface area (Å²) in [5.74, 6) is 0.938. The number of benzene rings is 2. The van der Waals surface area contributed by atoms with Gasteiger partial charge in [0.2, 0.25) is 0 Å². The molecule has 0 fully saturated rings. The normalized spacial score (nSPS) is 14.7. The molecule has 4 aromatic rings. The second-order valence-electron chi connectivity index (χ2n) is 9.66. The zero-order valence-corrected chi connectivity index (χ0v) is 18.7. The van der Waals surface area contributed by atoms with Crippen LogP contribution in [0.2, 0.25) is 0 Å². The lowest BCUT2D eigenvalue weighted by Gasteiger charge is -2.29. The van der Waals surface area contributed by atoms with E-state index in [2.05, 4.69) is 96.0 Å². The average molecular weight is 411 g/mol. The third kappa shape index (κ3) is 4.13. The summed E-state index contributed by atoms with van der Waals surface area (Å²) in [5.41, 5.74) is 6.49. The highest BCUT2D eigenvalue weighted by Gasteiger charge is 2.23. The molecule has 2 aromatic heterocycles. The predicted molar refractivity (Wildman–Crippen MR) is 126 cm³/mol. The Morgan fingerprint density at radius 1 is 0.935 bits per heavy atom. The van der Waals surface area contributed by atoms with Gasteiger partial charge in [0.1, 0.15) is 5.82 Å². The molecule has 2 aromatic carbocycles. The Morgan fingerprint density at radius 2 is 1.71 bits per heavy atom. The maximum absolute atomic E-state index is 4.94. The molecule has 0 aliphatic carbocycles. The van der Waals surface area contributed by atoms with Gasteiger partial charge in [-0.1, -0.05) is 69.3 Å². The van der Waals surface area contributed by atoms with Gasteiger partial charge in [-0.2, -0.15) is 0 Å². The van der Waals surface area contributed by atoms with Gasteiger partial charge in [0.15, 0.2) is 0 Å². The van der Waals surface area contributed by atoms with Crippen LogP contribution in [0.1, 0.15) is 49.0 Å². The van der Waals surface area contributed by atoms with Crippen LogP contribution in [0, 0.1) is 0 Å². The maximum Gasteiger partial charge on any atom is 0.133 e. The van der Waals surface area contributed by atoms with E-state index in [4.69, 9.17) is 4.98 Å². The fraction of sp³-hybridized carbons (Fsp3) is 0.333. The largest absolute Gasteiger partial charge is 0.343 e. The summed E-state index contributed by atoms with van der Waals surface area (Å²) in [4.78, 5) is 12.1. The van der Waals surface area contributed by atoms with Crippen molar-refractivity contribution >= 4 is 10.9 Å². The third-order valence-corrected chi connectivity index (χ3v) is 6.16. The van der Waals surface area contributed by atoms with Gasteiger partial charge in [-0.3, -0.25) is 4.90 Å². The minimum atomic E-state index is -0.0256. The first kappa shape index (κ1) is 20.0. The Bertz CT molecular complexity index is 1200. The van der Waals surface area contributed by atoms with Crippen LogP contribution in [-0.4, -0.2) is 26.0 Å². The molecule has 31 heavy (non-hydrogen) atoms. The van der Waals surface area contributed by atoms with Crippen LogP contribution in [-0.2, 0) is 31.5 Å². The number of rotatable bonds is 4. The fourth-order valence-corrected chi connectivity index (χ4v) is 4.45. The standard InChI is InChI=1S/C27H30N4/c1-27(2,3)26-28-15-21-13-14-30(19-24(21)29-26)17-22-18-31(16-20-9-5-4-6-10-20)25-12-8-7-11-23(22)25/h4-12,15,18H,13-14,16-17,19H2,1-3H3. The summed E-state index contributed by atoms with van der Waals surface area (Å²) < 4.78 is 2.39. The second-order valence-corrected chi connectivity index (χ2v) is 9.66. The number of aromatic nitrogens is 3. The summed E-state index contributed by atoms with van der Waals surface area (Å²) in [5, 5.41) is 1.35. The van der Waals surface area contributed by atoms with Gasteiger partial charge in [0.05, 0.1) is 5.69 Å². The SMILES string of the molecule is CC(C)(C)c1ncc2c(n1)CN(Cc1cn(Cc3ccccc3)c3ccccc13)CC2. The van der Waals surface area contributed by atoms with E-state index in [1.54, 1.807) is 0 Å². The lowest BCUT2D eigenvalue weighted by Crippen LogP contribution is -2.32. The molecule has 0 atom stereocenters. The molecule has 4 heteroatoms. The number of hydrogen-bond acceptors (Lipinski definition) is 3. The van der Waals surface area contributed by atoms with Crippen LogP contribution in [0.25, 0.3) is 10.9 Å². The van der Waals surface area contributed by atoms with E-state index in [0.717, 1.165) is 38.4 Å². The molecule has 0 amide bonds. The van der Waals surface area contributed by atoms with Crippen molar-refractivity contribution in [3.05, 3.63) is 95.2 Å². The highest BCUT2D eigenvalue weighted by atomic mass is 15.1. The van der Waals surface area contributed by atoms with E-state index in [0.29, 0.717) is 0 Å². The molecule has 1 aliphatic heterocycles.